The number of alkyl halides is 1. The van der Waals surface area contributed by atoms with Crippen molar-refractivity contribution in [2.75, 3.05) is 13.2 Å². The highest BCUT2D eigenvalue weighted by Crippen LogP contribution is 2.42. The molecule has 0 radical (unpaired) electrons. The van der Waals surface area contributed by atoms with Gasteiger partial charge in [-0.2, -0.15) is 0 Å². The molecule has 0 aliphatic carbocycles. The zero-order valence-electron chi connectivity index (χ0n) is 10.1. The largest absolute Gasteiger partial charge is 0.493 e. The van der Waals surface area contributed by atoms with Gasteiger partial charge in [0.05, 0.1) is 18.1 Å². The predicted octanol–water partition coefficient (Wildman–Crippen LogP) is 4.12. The van der Waals surface area contributed by atoms with E-state index >= 15 is 0 Å². The fourth-order valence-corrected chi connectivity index (χ4v) is 3.31. The normalized spacial score (nSPS) is 24.4. The van der Waals surface area contributed by atoms with Gasteiger partial charge in [0.15, 0.2) is 0 Å². The standard InChI is InChI=1S/C14H16Cl2O2/c15-10-7-9-4-6-18-14(9)11(8-10)13(16)12-3-1-2-5-17-12/h7-8,12-13H,1-6H2. The molecule has 1 fully saturated rings. The summed E-state index contributed by atoms with van der Waals surface area (Å²) in [4.78, 5) is 0. The fourth-order valence-electron chi connectivity index (χ4n) is 2.70. The van der Waals surface area contributed by atoms with E-state index < -0.39 is 0 Å². The molecule has 4 heteroatoms. The average Bonchev–Trinajstić information content (AvgIpc) is 2.86. The molecule has 3 rings (SSSR count). The van der Waals surface area contributed by atoms with Crippen molar-refractivity contribution in [1.29, 1.82) is 0 Å². The van der Waals surface area contributed by atoms with Crippen molar-refractivity contribution in [2.24, 2.45) is 0 Å². The second-order valence-corrected chi connectivity index (χ2v) is 5.80. The minimum absolute atomic E-state index is 0.0761. The maximum Gasteiger partial charge on any atom is 0.127 e. The molecule has 1 aromatic rings. The van der Waals surface area contributed by atoms with Crippen molar-refractivity contribution in [3.05, 3.63) is 28.3 Å². The SMILES string of the molecule is Clc1cc2c(c(C(Cl)C3CCCCO3)c1)OCC2. The van der Waals surface area contributed by atoms with Gasteiger partial charge in [-0.25, -0.2) is 0 Å². The van der Waals surface area contributed by atoms with Gasteiger partial charge in [0, 0.05) is 23.6 Å². The van der Waals surface area contributed by atoms with Crippen molar-refractivity contribution in [3.8, 4) is 5.75 Å². The van der Waals surface area contributed by atoms with E-state index in [0.717, 1.165) is 48.8 Å². The van der Waals surface area contributed by atoms with E-state index in [0.29, 0.717) is 0 Å². The first-order chi connectivity index (χ1) is 8.75. The van der Waals surface area contributed by atoms with Crippen LogP contribution in [-0.2, 0) is 11.2 Å². The lowest BCUT2D eigenvalue weighted by Gasteiger charge is -2.27. The van der Waals surface area contributed by atoms with Crippen LogP contribution in [0.25, 0.3) is 0 Å². The van der Waals surface area contributed by atoms with Gasteiger partial charge < -0.3 is 9.47 Å². The third-order valence-electron chi connectivity index (χ3n) is 3.62. The first kappa shape index (κ1) is 12.6. The summed E-state index contributed by atoms with van der Waals surface area (Å²) in [5.41, 5.74) is 2.16. The number of hydrogen-bond donors (Lipinski definition) is 0. The Bertz CT molecular complexity index is 442. The van der Waals surface area contributed by atoms with Crippen LogP contribution in [0.5, 0.6) is 5.75 Å². The molecule has 1 aromatic carbocycles. The zero-order chi connectivity index (χ0) is 12.5. The molecule has 0 amide bonds. The minimum Gasteiger partial charge on any atom is -0.493 e. The Morgan fingerprint density at radius 3 is 2.89 bits per heavy atom. The molecule has 2 unspecified atom stereocenters. The summed E-state index contributed by atoms with van der Waals surface area (Å²) in [6.07, 6.45) is 4.31. The van der Waals surface area contributed by atoms with Crippen LogP contribution in [0.15, 0.2) is 12.1 Å². The van der Waals surface area contributed by atoms with Crippen molar-refractivity contribution in [1.82, 2.24) is 0 Å². The lowest BCUT2D eigenvalue weighted by molar-refractivity contribution is 0.0132. The molecule has 2 atom stereocenters. The summed E-state index contributed by atoms with van der Waals surface area (Å²) in [6.45, 7) is 1.52. The molecular formula is C14H16Cl2O2. The van der Waals surface area contributed by atoms with Crippen molar-refractivity contribution in [2.45, 2.75) is 37.2 Å². The predicted molar refractivity (Wildman–Crippen MR) is 72.8 cm³/mol. The summed E-state index contributed by atoms with van der Waals surface area (Å²) >= 11 is 12.7. The molecule has 2 heterocycles. The molecule has 18 heavy (non-hydrogen) atoms. The third-order valence-corrected chi connectivity index (χ3v) is 4.35. The van der Waals surface area contributed by atoms with Gasteiger partial charge in [0.2, 0.25) is 0 Å². The Kier molecular flexibility index (Phi) is 3.69. The third kappa shape index (κ3) is 2.34. The minimum atomic E-state index is -0.171. The van der Waals surface area contributed by atoms with Crippen LogP contribution < -0.4 is 4.74 Å². The van der Waals surface area contributed by atoms with Crippen LogP contribution >= 0.6 is 23.2 Å². The van der Waals surface area contributed by atoms with Crippen LogP contribution in [0.4, 0.5) is 0 Å². The average molecular weight is 287 g/mol. The lowest BCUT2D eigenvalue weighted by Crippen LogP contribution is -2.23. The summed E-state index contributed by atoms with van der Waals surface area (Å²) in [5.74, 6) is 0.925. The number of fused-ring (bicyclic) bond motifs is 1. The van der Waals surface area contributed by atoms with Gasteiger partial charge in [-0.05, 0) is 37.0 Å². The second kappa shape index (κ2) is 5.28. The van der Waals surface area contributed by atoms with Crippen molar-refractivity contribution in [3.63, 3.8) is 0 Å². The van der Waals surface area contributed by atoms with Gasteiger partial charge in [0.1, 0.15) is 5.75 Å². The fraction of sp³-hybridized carbons (Fsp3) is 0.571. The molecule has 0 aromatic heterocycles. The summed E-state index contributed by atoms with van der Waals surface area (Å²) in [6, 6.07) is 3.89. The highest BCUT2D eigenvalue weighted by atomic mass is 35.5. The molecule has 0 spiro atoms. The Morgan fingerprint density at radius 2 is 2.11 bits per heavy atom. The molecule has 98 valence electrons. The van der Waals surface area contributed by atoms with Crippen LogP contribution in [0, 0.1) is 0 Å². The van der Waals surface area contributed by atoms with E-state index in [2.05, 4.69) is 0 Å². The van der Waals surface area contributed by atoms with E-state index in [1.54, 1.807) is 0 Å². The number of hydrogen-bond acceptors (Lipinski definition) is 2. The van der Waals surface area contributed by atoms with Crippen LogP contribution in [0.3, 0.4) is 0 Å². The van der Waals surface area contributed by atoms with E-state index in [9.17, 15) is 0 Å². The number of benzene rings is 1. The first-order valence-corrected chi connectivity index (χ1v) is 7.28. The molecular weight excluding hydrogens is 271 g/mol. The quantitative estimate of drug-likeness (QED) is 0.762. The van der Waals surface area contributed by atoms with E-state index in [-0.39, 0.29) is 11.5 Å². The van der Waals surface area contributed by atoms with Gasteiger partial charge in [-0.15, -0.1) is 11.6 Å². The second-order valence-electron chi connectivity index (χ2n) is 4.89. The highest BCUT2D eigenvalue weighted by Gasteiger charge is 2.29. The van der Waals surface area contributed by atoms with Crippen LogP contribution in [0.2, 0.25) is 5.02 Å². The summed E-state index contributed by atoms with van der Waals surface area (Å²) in [7, 11) is 0. The molecule has 2 aliphatic heterocycles. The molecule has 0 N–H and O–H groups in total. The maximum absolute atomic E-state index is 6.58. The summed E-state index contributed by atoms with van der Waals surface area (Å²) < 4.78 is 11.5. The number of ether oxygens (including phenoxy) is 2. The Balaban J connectivity index is 1.91. The van der Waals surface area contributed by atoms with Crippen molar-refractivity contribution >= 4 is 23.2 Å². The summed E-state index contributed by atoms with van der Waals surface area (Å²) in [5, 5.41) is 0.562. The Labute approximate surface area is 117 Å². The smallest absolute Gasteiger partial charge is 0.127 e. The Hall–Kier alpha value is -0.440. The van der Waals surface area contributed by atoms with Crippen LogP contribution in [0.1, 0.15) is 35.8 Å². The highest BCUT2D eigenvalue weighted by molar-refractivity contribution is 6.31. The molecule has 2 nitrogen and oxygen atoms in total. The van der Waals surface area contributed by atoms with Crippen molar-refractivity contribution < 1.29 is 9.47 Å². The molecule has 0 saturated carbocycles. The van der Waals surface area contributed by atoms with Gasteiger partial charge in [-0.1, -0.05) is 11.6 Å². The maximum atomic E-state index is 6.58. The topological polar surface area (TPSA) is 18.5 Å². The van der Waals surface area contributed by atoms with Gasteiger partial charge >= 0.3 is 0 Å². The van der Waals surface area contributed by atoms with Gasteiger partial charge in [-0.3, -0.25) is 0 Å². The van der Waals surface area contributed by atoms with E-state index in [4.69, 9.17) is 32.7 Å². The zero-order valence-corrected chi connectivity index (χ0v) is 11.6. The van der Waals surface area contributed by atoms with E-state index in [1.807, 2.05) is 12.1 Å². The number of halogens is 2. The number of rotatable bonds is 2. The first-order valence-electron chi connectivity index (χ1n) is 6.46. The molecule has 1 saturated heterocycles. The lowest BCUT2D eigenvalue weighted by atomic mass is 9.98. The van der Waals surface area contributed by atoms with Gasteiger partial charge in [0.25, 0.3) is 0 Å². The Morgan fingerprint density at radius 1 is 1.22 bits per heavy atom. The monoisotopic (exact) mass is 286 g/mol. The van der Waals surface area contributed by atoms with Crippen LogP contribution in [-0.4, -0.2) is 19.3 Å². The molecule has 2 aliphatic rings. The van der Waals surface area contributed by atoms with E-state index in [1.165, 1.54) is 12.0 Å². The molecule has 0 bridgehead atoms.